The first-order valence-electron chi connectivity index (χ1n) is 8.02. The minimum absolute atomic E-state index is 0.395. The van der Waals surface area contributed by atoms with Crippen molar-refractivity contribution < 1.29 is 9.47 Å². The number of rotatable bonds is 9. The molecule has 22 heavy (non-hydrogen) atoms. The molecule has 1 aromatic carbocycles. The summed E-state index contributed by atoms with van der Waals surface area (Å²) in [7, 11) is 0. The van der Waals surface area contributed by atoms with E-state index in [2.05, 4.69) is 49.4 Å². The molecule has 0 saturated carbocycles. The van der Waals surface area contributed by atoms with Crippen LogP contribution < -0.4 is 0 Å². The molecule has 0 aliphatic heterocycles. The molecule has 0 heterocycles. The molecular weight excluding hydrogens is 296 g/mol. The van der Waals surface area contributed by atoms with Crippen molar-refractivity contribution in [2.75, 3.05) is 25.7 Å². The van der Waals surface area contributed by atoms with Gasteiger partial charge in [-0.05, 0) is 17.6 Å². The molecule has 120 valence electrons. The number of hydrogen-bond donors (Lipinski definition) is 0. The third-order valence-corrected chi connectivity index (χ3v) is 4.28. The summed E-state index contributed by atoms with van der Waals surface area (Å²) in [5.74, 6) is 0.455. The summed E-state index contributed by atoms with van der Waals surface area (Å²) >= 11 is 6.15. The first-order valence-corrected chi connectivity index (χ1v) is 8.55. The molecule has 2 rings (SSSR count). The molecule has 3 heteroatoms. The third kappa shape index (κ3) is 4.98. The highest BCUT2D eigenvalue weighted by atomic mass is 35.5. The van der Waals surface area contributed by atoms with Gasteiger partial charge in [-0.2, -0.15) is 0 Å². The quantitative estimate of drug-likeness (QED) is 0.479. The van der Waals surface area contributed by atoms with E-state index in [1.807, 2.05) is 6.07 Å². The van der Waals surface area contributed by atoms with Gasteiger partial charge in [0.05, 0.1) is 19.1 Å². The van der Waals surface area contributed by atoms with Crippen molar-refractivity contribution in [3.8, 4) is 0 Å². The van der Waals surface area contributed by atoms with Crippen LogP contribution in [0.5, 0.6) is 0 Å². The lowest BCUT2D eigenvalue weighted by molar-refractivity contribution is -0.0256. The van der Waals surface area contributed by atoms with Crippen LogP contribution in [0.2, 0.25) is 0 Å². The van der Waals surface area contributed by atoms with Gasteiger partial charge in [0.15, 0.2) is 0 Å². The van der Waals surface area contributed by atoms with Crippen LogP contribution in [-0.2, 0) is 9.47 Å². The Morgan fingerprint density at radius 1 is 1.14 bits per heavy atom. The average molecular weight is 321 g/mol. The Kier molecular flexibility index (Phi) is 7.17. The Morgan fingerprint density at radius 2 is 1.95 bits per heavy atom. The number of unbranched alkanes of at least 4 members (excludes halogenated alkanes) is 1. The van der Waals surface area contributed by atoms with Crippen LogP contribution >= 0.6 is 11.6 Å². The van der Waals surface area contributed by atoms with Gasteiger partial charge in [0.2, 0.25) is 0 Å². The second kappa shape index (κ2) is 9.14. The van der Waals surface area contributed by atoms with Crippen molar-refractivity contribution in [2.45, 2.75) is 31.8 Å². The molecule has 1 aliphatic carbocycles. The zero-order valence-corrected chi connectivity index (χ0v) is 14.0. The van der Waals surface area contributed by atoms with Gasteiger partial charge < -0.3 is 9.47 Å². The lowest BCUT2D eigenvalue weighted by Crippen LogP contribution is -2.34. The first kappa shape index (κ1) is 17.3. The maximum absolute atomic E-state index is 6.15. The molecule has 2 nitrogen and oxygen atoms in total. The zero-order chi connectivity index (χ0) is 15.7. The summed E-state index contributed by atoms with van der Waals surface area (Å²) in [5.41, 5.74) is 2.06. The van der Waals surface area contributed by atoms with Crippen molar-refractivity contribution in [3.63, 3.8) is 0 Å². The topological polar surface area (TPSA) is 18.5 Å². The number of halogens is 1. The van der Waals surface area contributed by atoms with Gasteiger partial charge in [0.1, 0.15) is 5.60 Å². The van der Waals surface area contributed by atoms with Crippen molar-refractivity contribution in [1.82, 2.24) is 0 Å². The lowest BCUT2D eigenvalue weighted by atomic mass is 9.90. The monoisotopic (exact) mass is 320 g/mol. The summed E-state index contributed by atoms with van der Waals surface area (Å²) < 4.78 is 11.5. The van der Waals surface area contributed by atoms with E-state index in [-0.39, 0.29) is 0 Å². The van der Waals surface area contributed by atoms with Crippen LogP contribution in [0.25, 0.3) is 5.57 Å². The maximum atomic E-state index is 6.15. The van der Waals surface area contributed by atoms with E-state index in [0.717, 1.165) is 25.9 Å². The Hall–Kier alpha value is -1.09. The molecular formula is C19H25ClO2. The molecule has 1 unspecified atom stereocenters. The van der Waals surface area contributed by atoms with Crippen molar-refractivity contribution in [3.05, 3.63) is 54.1 Å². The molecule has 0 bridgehead atoms. The van der Waals surface area contributed by atoms with E-state index >= 15 is 0 Å². The highest BCUT2D eigenvalue weighted by Gasteiger charge is 2.28. The lowest BCUT2D eigenvalue weighted by Gasteiger charge is -2.30. The van der Waals surface area contributed by atoms with E-state index in [1.165, 1.54) is 11.1 Å². The second-order valence-corrected chi connectivity index (χ2v) is 5.84. The van der Waals surface area contributed by atoms with Crippen LogP contribution in [0.3, 0.4) is 0 Å². The molecule has 0 aromatic heterocycles. The van der Waals surface area contributed by atoms with E-state index < -0.39 is 5.60 Å². The fourth-order valence-electron chi connectivity index (χ4n) is 2.40. The van der Waals surface area contributed by atoms with Crippen LogP contribution in [0.15, 0.2) is 48.6 Å². The summed E-state index contributed by atoms with van der Waals surface area (Å²) in [4.78, 5) is 0. The van der Waals surface area contributed by atoms with Crippen molar-refractivity contribution in [1.29, 1.82) is 0 Å². The highest BCUT2D eigenvalue weighted by molar-refractivity contribution is 6.18. The van der Waals surface area contributed by atoms with Crippen LogP contribution in [0.1, 0.15) is 31.7 Å². The molecule has 0 saturated heterocycles. The van der Waals surface area contributed by atoms with E-state index in [4.69, 9.17) is 21.1 Å². The van der Waals surface area contributed by atoms with Gasteiger partial charge in [-0.15, -0.1) is 11.6 Å². The number of hydrogen-bond acceptors (Lipinski definition) is 2. The maximum Gasteiger partial charge on any atom is 0.104 e. The van der Waals surface area contributed by atoms with Gasteiger partial charge in [-0.1, -0.05) is 61.9 Å². The minimum atomic E-state index is -0.395. The van der Waals surface area contributed by atoms with E-state index in [0.29, 0.717) is 19.1 Å². The Bertz CT molecular complexity index is 495. The van der Waals surface area contributed by atoms with Crippen LogP contribution in [0.4, 0.5) is 0 Å². The second-order valence-electron chi connectivity index (χ2n) is 5.58. The smallest absolute Gasteiger partial charge is 0.104 e. The Morgan fingerprint density at radius 3 is 2.59 bits per heavy atom. The Balaban J connectivity index is 1.83. The fraction of sp³-hybridized carbons (Fsp3) is 0.474. The molecule has 1 aliphatic rings. The highest BCUT2D eigenvalue weighted by Crippen LogP contribution is 2.30. The molecule has 0 radical (unpaired) electrons. The summed E-state index contributed by atoms with van der Waals surface area (Å²) in [6, 6.07) is 10.4. The molecule has 1 aromatic rings. The minimum Gasteiger partial charge on any atom is -0.379 e. The van der Waals surface area contributed by atoms with Gasteiger partial charge in [-0.25, -0.2) is 0 Å². The number of allylic oxidation sites excluding steroid dienone is 2. The Labute approximate surface area is 138 Å². The molecule has 0 amide bonds. The SMILES string of the molecule is CCCCOCCOC1(CCl)C=CC(c2ccccc2)=CC1. The normalized spacial score (nSPS) is 20.9. The molecule has 0 fully saturated rings. The fourth-order valence-corrected chi connectivity index (χ4v) is 2.68. The van der Waals surface area contributed by atoms with E-state index in [1.54, 1.807) is 0 Å². The molecule has 0 spiro atoms. The molecule has 0 N–H and O–H groups in total. The van der Waals surface area contributed by atoms with Gasteiger partial charge in [0.25, 0.3) is 0 Å². The number of ether oxygens (including phenoxy) is 2. The summed E-state index contributed by atoms with van der Waals surface area (Å²) in [6.45, 7) is 4.17. The third-order valence-electron chi connectivity index (χ3n) is 3.83. The predicted molar refractivity (Wildman–Crippen MR) is 93.3 cm³/mol. The summed E-state index contributed by atoms with van der Waals surface area (Å²) in [6.07, 6.45) is 9.46. The summed E-state index contributed by atoms with van der Waals surface area (Å²) in [5, 5.41) is 0. The number of alkyl halides is 1. The number of benzene rings is 1. The first-order chi connectivity index (χ1) is 10.8. The van der Waals surface area contributed by atoms with Crippen molar-refractivity contribution >= 4 is 17.2 Å². The van der Waals surface area contributed by atoms with Crippen LogP contribution in [0, 0.1) is 0 Å². The average Bonchev–Trinajstić information content (AvgIpc) is 2.59. The molecule has 1 atom stereocenters. The van der Waals surface area contributed by atoms with Crippen LogP contribution in [-0.4, -0.2) is 31.3 Å². The zero-order valence-electron chi connectivity index (χ0n) is 13.3. The van der Waals surface area contributed by atoms with Gasteiger partial charge >= 0.3 is 0 Å². The van der Waals surface area contributed by atoms with Gasteiger partial charge in [0, 0.05) is 13.0 Å². The van der Waals surface area contributed by atoms with Crippen molar-refractivity contribution in [2.24, 2.45) is 0 Å². The van der Waals surface area contributed by atoms with Gasteiger partial charge in [-0.3, -0.25) is 0 Å². The standard InChI is InChI=1S/C19H25ClO2/c1-2-3-13-21-14-15-22-19(16-20)11-9-18(10-12-19)17-7-5-4-6-8-17/h4-11H,2-3,12-16H2,1H3. The predicted octanol–water partition coefficient (Wildman–Crippen LogP) is 4.84. The van der Waals surface area contributed by atoms with E-state index in [9.17, 15) is 0 Å². The largest absolute Gasteiger partial charge is 0.379 e.